The van der Waals surface area contributed by atoms with E-state index in [1.54, 1.807) is 6.20 Å². The average molecular weight is 446 g/mol. The summed E-state index contributed by atoms with van der Waals surface area (Å²) in [5, 5.41) is 8.94. The van der Waals surface area contributed by atoms with Crippen LogP contribution in [0.5, 0.6) is 0 Å². The van der Waals surface area contributed by atoms with Gasteiger partial charge >= 0.3 is 5.92 Å². The van der Waals surface area contributed by atoms with E-state index in [-0.39, 0.29) is 29.9 Å². The lowest BCUT2D eigenvalue weighted by Crippen LogP contribution is -2.44. The Morgan fingerprint density at radius 3 is 2.62 bits per heavy atom. The Kier molecular flexibility index (Phi) is 5.45. The lowest BCUT2D eigenvalue weighted by atomic mass is 10.0. The van der Waals surface area contributed by atoms with Gasteiger partial charge in [-0.3, -0.25) is 14.7 Å². The number of amides is 2. The Bertz CT molecular complexity index is 1210. The van der Waals surface area contributed by atoms with E-state index in [9.17, 15) is 18.4 Å². The minimum Gasteiger partial charge on any atom is -0.331 e. The number of anilines is 1. The molecule has 2 amide bonds. The van der Waals surface area contributed by atoms with Gasteiger partial charge in [0.05, 0.1) is 24.0 Å². The molecular formula is C22H18F4N4O2. The number of nitrogens with one attached hydrogen (secondary N) is 2. The van der Waals surface area contributed by atoms with Crippen molar-refractivity contribution in [2.24, 2.45) is 0 Å². The molecule has 2 aromatic carbocycles. The van der Waals surface area contributed by atoms with E-state index in [0.717, 1.165) is 22.6 Å². The summed E-state index contributed by atoms with van der Waals surface area (Å²) in [5.74, 6) is -8.34. The molecule has 1 aliphatic heterocycles. The Hall–Kier alpha value is -3.69. The largest absolute Gasteiger partial charge is 0.352 e. The van der Waals surface area contributed by atoms with Gasteiger partial charge in [-0.05, 0) is 60.9 Å². The molecule has 0 bridgehead atoms. The number of aromatic amines is 1. The molecule has 10 heteroatoms. The summed E-state index contributed by atoms with van der Waals surface area (Å²) in [6.07, 6.45) is 1.91. The van der Waals surface area contributed by atoms with Crippen molar-refractivity contribution in [2.75, 3.05) is 11.9 Å². The Morgan fingerprint density at radius 2 is 1.88 bits per heavy atom. The maximum Gasteiger partial charge on any atom is 0.352 e. The predicted molar refractivity (Wildman–Crippen MR) is 107 cm³/mol. The highest BCUT2D eigenvalue weighted by molar-refractivity contribution is 6.04. The SMILES string of the molecule is Cc1cc(NC(=O)c2ccc(F)c(C(F)(F)C(=O)N3CCc4cn[nH]c4C3)c2)ccc1F. The smallest absolute Gasteiger partial charge is 0.331 e. The molecule has 1 aromatic heterocycles. The Morgan fingerprint density at radius 1 is 1.12 bits per heavy atom. The zero-order chi connectivity index (χ0) is 23.0. The zero-order valence-corrected chi connectivity index (χ0v) is 16.9. The number of hydrogen-bond donors (Lipinski definition) is 2. The molecule has 0 saturated heterocycles. The molecule has 0 atom stereocenters. The molecule has 0 fully saturated rings. The summed E-state index contributed by atoms with van der Waals surface area (Å²) >= 11 is 0. The molecule has 2 heterocycles. The first-order valence-electron chi connectivity index (χ1n) is 9.72. The number of hydrogen-bond acceptors (Lipinski definition) is 3. The van der Waals surface area contributed by atoms with Gasteiger partial charge in [-0.15, -0.1) is 0 Å². The van der Waals surface area contributed by atoms with Crippen molar-refractivity contribution in [3.8, 4) is 0 Å². The van der Waals surface area contributed by atoms with Crippen molar-refractivity contribution >= 4 is 17.5 Å². The lowest BCUT2D eigenvalue weighted by Gasteiger charge is -2.30. The van der Waals surface area contributed by atoms with E-state index in [1.807, 2.05) is 0 Å². The summed E-state index contributed by atoms with van der Waals surface area (Å²) in [5.41, 5.74) is 0.431. The fraction of sp³-hybridized carbons (Fsp3) is 0.227. The van der Waals surface area contributed by atoms with Gasteiger partial charge < -0.3 is 10.2 Å². The van der Waals surface area contributed by atoms with Gasteiger partial charge in [0.2, 0.25) is 0 Å². The van der Waals surface area contributed by atoms with Crippen LogP contribution >= 0.6 is 0 Å². The Balaban J connectivity index is 1.57. The number of fused-ring (bicyclic) bond motifs is 1. The molecule has 32 heavy (non-hydrogen) atoms. The molecule has 1 aliphatic rings. The van der Waals surface area contributed by atoms with Crippen LogP contribution < -0.4 is 5.32 Å². The van der Waals surface area contributed by atoms with E-state index in [0.29, 0.717) is 24.2 Å². The maximum absolute atomic E-state index is 15.0. The number of carbonyl (C=O) groups is 2. The van der Waals surface area contributed by atoms with E-state index in [2.05, 4.69) is 15.5 Å². The highest BCUT2D eigenvalue weighted by Crippen LogP contribution is 2.34. The van der Waals surface area contributed by atoms with Gasteiger partial charge in [-0.25, -0.2) is 8.78 Å². The summed E-state index contributed by atoms with van der Waals surface area (Å²) in [4.78, 5) is 26.0. The quantitative estimate of drug-likeness (QED) is 0.597. The first-order chi connectivity index (χ1) is 15.2. The fourth-order valence-corrected chi connectivity index (χ4v) is 3.54. The van der Waals surface area contributed by atoms with Crippen molar-refractivity contribution in [3.05, 3.63) is 82.2 Å². The van der Waals surface area contributed by atoms with Crippen LogP contribution in [0.25, 0.3) is 0 Å². The van der Waals surface area contributed by atoms with Crippen LogP contribution in [0.4, 0.5) is 23.2 Å². The molecule has 0 radical (unpaired) electrons. The standard InChI is InChI=1S/C22H18F4N4O2/c1-12-8-15(3-5-17(12)23)28-20(31)13-2-4-18(24)16(9-13)22(25,26)21(32)30-7-6-14-10-27-29-19(14)11-30/h2-5,8-10H,6-7,11H2,1H3,(H,27,29)(H,28,31). The number of halogens is 4. The summed E-state index contributed by atoms with van der Waals surface area (Å²) in [6.45, 7) is 1.43. The minimum atomic E-state index is -4.19. The highest BCUT2D eigenvalue weighted by atomic mass is 19.3. The molecule has 3 aromatic rings. The predicted octanol–water partition coefficient (Wildman–Crippen LogP) is 3.93. The third-order valence-electron chi connectivity index (χ3n) is 5.35. The van der Waals surface area contributed by atoms with Crippen molar-refractivity contribution < 1.29 is 27.2 Å². The number of aryl methyl sites for hydroxylation is 1. The number of H-pyrrole nitrogens is 1. The van der Waals surface area contributed by atoms with Gasteiger partial charge in [0.25, 0.3) is 11.8 Å². The van der Waals surface area contributed by atoms with Crippen LogP contribution in [0.2, 0.25) is 0 Å². The zero-order valence-electron chi connectivity index (χ0n) is 16.9. The van der Waals surface area contributed by atoms with Crippen molar-refractivity contribution in [1.29, 1.82) is 0 Å². The summed E-state index contributed by atoms with van der Waals surface area (Å²) in [7, 11) is 0. The second kappa shape index (κ2) is 8.10. The number of carbonyl (C=O) groups excluding carboxylic acids is 2. The molecule has 0 aliphatic carbocycles. The van der Waals surface area contributed by atoms with Crippen molar-refractivity contribution in [2.45, 2.75) is 25.8 Å². The van der Waals surface area contributed by atoms with Gasteiger partial charge in [0.1, 0.15) is 11.6 Å². The van der Waals surface area contributed by atoms with E-state index < -0.39 is 34.9 Å². The topological polar surface area (TPSA) is 78.1 Å². The third kappa shape index (κ3) is 3.95. The number of benzene rings is 2. The Labute approximate surface area is 180 Å². The summed E-state index contributed by atoms with van der Waals surface area (Å²) in [6, 6.07) is 6.23. The number of rotatable bonds is 4. The van der Waals surface area contributed by atoms with Gasteiger partial charge in [0, 0.05) is 17.8 Å². The first-order valence-corrected chi connectivity index (χ1v) is 9.72. The van der Waals surface area contributed by atoms with Crippen molar-refractivity contribution in [3.63, 3.8) is 0 Å². The molecule has 0 unspecified atom stereocenters. The number of aromatic nitrogens is 2. The average Bonchev–Trinajstić information content (AvgIpc) is 3.23. The van der Waals surface area contributed by atoms with Crippen LogP contribution in [0.3, 0.4) is 0 Å². The van der Waals surface area contributed by atoms with Crippen LogP contribution in [0, 0.1) is 18.6 Å². The normalized spacial score (nSPS) is 13.6. The summed E-state index contributed by atoms with van der Waals surface area (Å²) < 4.78 is 57.8. The van der Waals surface area contributed by atoms with Gasteiger partial charge in [-0.1, -0.05) is 0 Å². The van der Waals surface area contributed by atoms with Crippen LogP contribution in [0.1, 0.15) is 32.7 Å². The fourth-order valence-electron chi connectivity index (χ4n) is 3.54. The number of alkyl halides is 2. The van der Waals surface area contributed by atoms with E-state index >= 15 is 8.78 Å². The molecule has 0 spiro atoms. The van der Waals surface area contributed by atoms with Crippen molar-refractivity contribution in [1.82, 2.24) is 15.1 Å². The van der Waals surface area contributed by atoms with Crippen LogP contribution in [-0.4, -0.2) is 33.5 Å². The first kappa shape index (κ1) is 21.5. The maximum atomic E-state index is 15.0. The van der Waals surface area contributed by atoms with E-state index in [1.165, 1.54) is 19.1 Å². The third-order valence-corrected chi connectivity index (χ3v) is 5.35. The second-order valence-electron chi connectivity index (χ2n) is 7.54. The molecule has 4 rings (SSSR count). The molecule has 6 nitrogen and oxygen atoms in total. The molecule has 2 N–H and O–H groups in total. The van der Waals surface area contributed by atoms with Gasteiger partial charge in [-0.2, -0.15) is 13.9 Å². The minimum absolute atomic E-state index is 0.0344. The second-order valence-corrected chi connectivity index (χ2v) is 7.54. The van der Waals surface area contributed by atoms with Crippen LogP contribution in [0.15, 0.2) is 42.6 Å². The molecular weight excluding hydrogens is 428 g/mol. The monoisotopic (exact) mass is 446 g/mol. The van der Waals surface area contributed by atoms with E-state index in [4.69, 9.17) is 0 Å². The molecule has 166 valence electrons. The van der Waals surface area contributed by atoms with Gasteiger partial charge in [0.15, 0.2) is 0 Å². The lowest BCUT2D eigenvalue weighted by molar-refractivity contribution is -0.160. The number of nitrogens with zero attached hydrogens (tertiary/aromatic N) is 2. The highest BCUT2D eigenvalue weighted by Gasteiger charge is 2.47. The molecule has 0 saturated carbocycles. The van der Waals surface area contributed by atoms with Crippen LogP contribution in [-0.2, 0) is 23.7 Å².